The molecule has 2 heterocycles. The van der Waals surface area contributed by atoms with Crippen LogP contribution < -0.4 is 10.1 Å². The van der Waals surface area contributed by atoms with Crippen LogP contribution in [0, 0.1) is 0 Å². The molecule has 23 heavy (non-hydrogen) atoms. The second kappa shape index (κ2) is 5.61. The molecule has 0 aliphatic carbocycles. The highest BCUT2D eigenvalue weighted by Gasteiger charge is 2.28. The van der Waals surface area contributed by atoms with E-state index in [4.69, 9.17) is 4.74 Å². The fraction of sp³-hybridized carbons (Fsp3) is 0.111. The molecule has 0 saturated heterocycles. The lowest BCUT2D eigenvalue weighted by Crippen LogP contribution is -2.22. The molecule has 1 aliphatic heterocycles. The summed E-state index contributed by atoms with van der Waals surface area (Å²) in [5.41, 5.74) is 2.04. The van der Waals surface area contributed by atoms with Crippen molar-refractivity contribution in [2.24, 2.45) is 0 Å². The number of benzene rings is 2. The molecule has 4 rings (SSSR count). The van der Waals surface area contributed by atoms with Gasteiger partial charge in [0.1, 0.15) is 17.3 Å². The molecule has 1 aromatic heterocycles. The van der Waals surface area contributed by atoms with E-state index < -0.39 is 0 Å². The lowest BCUT2D eigenvalue weighted by molar-refractivity contribution is -0.116. The Bertz CT molecular complexity index is 842. The monoisotopic (exact) mass is 305 g/mol. The molecule has 1 aliphatic rings. The van der Waals surface area contributed by atoms with Gasteiger partial charge in [0.15, 0.2) is 0 Å². The van der Waals surface area contributed by atoms with Crippen molar-refractivity contribution in [2.45, 2.75) is 12.3 Å². The van der Waals surface area contributed by atoms with Gasteiger partial charge in [0.05, 0.1) is 6.20 Å². The van der Waals surface area contributed by atoms with Gasteiger partial charge in [0.2, 0.25) is 5.91 Å². The minimum atomic E-state index is -0.0168. The number of nitrogens with zero attached hydrogens (tertiary/aromatic N) is 1. The number of carbonyl (C=O) groups is 1. The van der Waals surface area contributed by atoms with Crippen molar-refractivity contribution in [1.82, 2.24) is 10.2 Å². The van der Waals surface area contributed by atoms with Crippen molar-refractivity contribution in [2.75, 3.05) is 5.32 Å². The van der Waals surface area contributed by atoms with Gasteiger partial charge in [0.25, 0.3) is 0 Å². The number of anilines is 1. The third-order valence-electron chi connectivity index (χ3n) is 3.94. The quantitative estimate of drug-likeness (QED) is 0.775. The number of amides is 1. The van der Waals surface area contributed by atoms with E-state index in [0.717, 1.165) is 22.6 Å². The van der Waals surface area contributed by atoms with Gasteiger partial charge in [-0.05, 0) is 29.8 Å². The van der Waals surface area contributed by atoms with Crippen molar-refractivity contribution < 1.29 is 9.53 Å². The van der Waals surface area contributed by atoms with Crippen molar-refractivity contribution in [3.05, 3.63) is 71.9 Å². The second-order valence-electron chi connectivity index (χ2n) is 5.49. The van der Waals surface area contributed by atoms with E-state index in [2.05, 4.69) is 15.5 Å². The Labute approximate surface area is 133 Å². The summed E-state index contributed by atoms with van der Waals surface area (Å²) in [6.07, 6.45) is 2.17. The lowest BCUT2D eigenvalue weighted by Gasteiger charge is -2.22. The zero-order valence-corrected chi connectivity index (χ0v) is 12.3. The van der Waals surface area contributed by atoms with Crippen LogP contribution in [0.1, 0.15) is 23.5 Å². The Morgan fingerprint density at radius 3 is 2.74 bits per heavy atom. The molecule has 2 N–H and O–H groups in total. The largest absolute Gasteiger partial charge is 0.457 e. The number of hydrogen-bond donors (Lipinski definition) is 2. The first-order valence-electron chi connectivity index (χ1n) is 7.45. The van der Waals surface area contributed by atoms with E-state index in [1.807, 2.05) is 54.6 Å². The van der Waals surface area contributed by atoms with Crippen LogP contribution in [0.3, 0.4) is 0 Å². The van der Waals surface area contributed by atoms with Crippen LogP contribution in [0.5, 0.6) is 11.5 Å². The van der Waals surface area contributed by atoms with Crippen LogP contribution in [0.15, 0.2) is 60.8 Å². The molecule has 0 saturated carbocycles. The average molecular weight is 305 g/mol. The summed E-state index contributed by atoms with van der Waals surface area (Å²) >= 11 is 0. The molecule has 1 amide bonds. The van der Waals surface area contributed by atoms with Crippen molar-refractivity contribution in [3.8, 4) is 11.5 Å². The topological polar surface area (TPSA) is 67.0 Å². The van der Waals surface area contributed by atoms with Gasteiger partial charge in [-0.1, -0.05) is 30.3 Å². The van der Waals surface area contributed by atoms with E-state index in [9.17, 15) is 4.79 Å². The van der Waals surface area contributed by atoms with Crippen LogP contribution in [-0.4, -0.2) is 16.1 Å². The molecule has 5 nitrogen and oxygen atoms in total. The molecule has 0 bridgehead atoms. The normalized spacial score (nSPS) is 16.5. The van der Waals surface area contributed by atoms with Crippen molar-refractivity contribution in [1.29, 1.82) is 0 Å². The molecular formula is C18H15N3O2. The Morgan fingerprint density at radius 2 is 1.87 bits per heavy atom. The first-order valence-corrected chi connectivity index (χ1v) is 7.45. The highest BCUT2D eigenvalue weighted by atomic mass is 16.5. The van der Waals surface area contributed by atoms with Crippen LogP contribution in [0.4, 0.5) is 5.82 Å². The van der Waals surface area contributed by atoms with Crippen LogP contribution in [-0.2, 0) is 4.79 Å². The third-order valence-corrected chi connectivity index (χ3v) is 3.94. The Morgan fingerprint density at radius 1 is 1.04 bits per heavy atom. The van der Waals surface area contributed by atoms with Gasteiger partial charge in [-0.2, -0.15) is 5.10 Å². The van der Waals surface area contributed by atoms with Crippen molar-refractivity contribution in [3.63, 3.8) is 0 Å². The first-order chi connectivity index (χ1) is 11.3. The summed E-state index contributed by atoms with van der Waals surface area (Å²) in [7, 11) is 0. The number of fused-ring (bicyclic) bond motifs is 1. The average Bonchev–Trinajstić information content (AvgIpc) is 3.03. The predicted molar refractivity (Wildman–Crippen MR) is 86.6 cm³/mol. The highest BCUT2D eigenvalue weighted by molar-refractivity contribution is 5.94. The number of aromatic amines is 1. The van der Waals surface area contributed by atoms with Crippen molar-refractivity contribution >= 4 is 11.7 Å². The minimum absolute atomic E-state index is 0.0128. The summed E-state index contributed by atoms with van der Waals surface area (Å²) in [6, 6.07) is 17.5. The SMILES string of the molecule is O=C1C[C@H](c2cccc(Oc3ccccc3)c2)c2cn[nH]c2N1. The standard InChI is InChI=1S/C18H15N3O2/c22-17-10-15(16-11-19-21-18(16)20-17)12-5-4-8-14(9-12)23-13-6-2-1-3-7-13/h1-9,11,15H,10H2,(H2,19,20,21,22)/t15-/m1/s1. The summed E-state index contributed by atoms with van der Waals surface area (Å²) in [5, 5.41) is 9.67. The summed E-state index contributed by atoms with van der Waals surface area (Å²) in [6.45, 7) is 0. The molecule has 2 aromatic carbocycles. The second-order valence-corrected chi connectivity index (χ2v) is 5.49. The van der Waals surface area contributed by atoms with Gasteiger partial charge in [0, 0.05) is 17.9 Å². The number of ether oxygens (including phenoxy) is 1. The van der Waals surface area contributed by atoms with Gasteiger partial charge in [-0.25, -0.2) is 0 Å². The molecule has 0 unspecified atom stereocenters. The number of nitrogens with one attached hydrogen (secondary N) is 2. The third kappa shape index (κ3) is 2.68. The highest BCUT2D eigenvalue weighted by Crippen LogP contribution is 2.37. The van der Waals surface area contributed by atoms with E-state index in [0.29, 0.717) is 12.2 Å². The van der Waals surface area contributed by atoms with Crippen LogP contribution in [0.25, 0.3) is 0 Å². The van der Waals surface area contributed by atoms with E-state index in [1.54, 1.807) is 6.20 Å². The summed E-state index contributed by atoms with van der Waals surface area (Å²) in [4.78, 5) is 11.9. The Hall–Kier alpha value is -3.08. The van der Waals surface area contributed by atoms with Crippen LogP contribution >= 0.6 is 0 Å². The Balaban J connectivity index is 1.66. The van der Waals surface area contributed by atoms with E-state index >= 15 is 0 Å². The van der Waals surface area contributed by atoms with Gasteiger partial charge >= 0.3 is 0 Å². The zero-order chi connectivity index (χ0) is 15.6. The van der Waals surface area contributed by atoms with E-state index in [-0.39, 0.29) is 11.8 Å². The number of para-hydroxylation sites is 1. The van der Waals surface area contributed by atoms with Gasteiger partial charge in [-0.3, -0.25) is 9.89 Å². The molecule has 0 radical (unpaired) electrons. The van der Waals surface area contributed by atoms with Gasteiger partial charge in [-0.15, -0.1) is 0 Å². The summed E-state index contributed by atoms with van der Waals surface area (Å²) < 4.78 is 5.88. The molecule has 1 atom stereocenters. The molecule has 3 aromatic rings. The van der Waals surface area contributed by atoms with Gasteiger partial charge < -0.3 is 10.1 Å². The Kier molecular flexibility index (Phi) is 3.31. The lowest BCUT2D eigenvalue weighted by atomic mass is 9.87. The number of aromatic nitrogens is 2. The van der Waals surface area contributed by atoms with E-state index in [1.165, 1.54) is 0 Å². The number of rotatable bonds is 3. The predicted octanol–water partition coefficient (Wildman–Crippen LogP) is 3.68. The minimum Gasteiger partial charge on any atom is -0.457 e. The van der Waals surface area contributed by atoms with Crippen LogP contribution in [0.2, 0.25) is 0 Å². The number of carbonyl (C=O) groups excluding carboxylic acids is 1. The molecular weight excluding hydrogens is 290 g/mol. The maximum absolute atomic E-state index is 11.9. The fourth-order valence-corrected chi connectivity index (χ4v) is 2.86. The molecule has 0 spiro atoms. The molecule has 0 fully saturated rings. The smallest absolute Gasteiger partial charge is 0.226 e. The molecule has 114 valence electrons. The molecule has 5 heteroatoms. The number of hydrogen-bond acceptors (Lipinski definition) is 3. The fourth-order valence-electron chi connectivity index (χ4n) is 2.86. The summed E-state index contributed by atoms with van der Waals surface area (Å²) in [5.74, 6) is 2.19. The maximum Gasteiger partial charge on any atom is 0.226 e. The number of H-pyrrole nitrogens is 1. The first kappa shape index (κ1) is 13.6. The maximum atomic E-state index is 11.9. The zero-order valence-electron chi connectivity index (χ0n) is 12.3.